The molecule has 0 spiro atoms. The highest BCUT2D eigenvalue weighted by molar-refractivity contribution is 7.92. The molecule has 3 aromatic carbocycles. The van der Waals surface area contributed by atoms with Crippen LogP contribution < -0.4 is 26.0 Å². The Morgan fingerprint density at radius 3 is 2.37 bits per heavy atom. The summed E-state index contributed by atoms with van der Waals surface area (Å²) in [5.41, 5.74) is 9.88. The Kier molecular flexibility index (Phi) is 7.49. The number of sulfonamides is 1. The van der Waals surface area contributed by atoms with Crippen LogP contribution in [-0.2, 0) is 31.0 Å². The Morgan fingerprint density at radius 1 is 1.00 bits per heavy atom. The summed E-state index contributed by atoms with van der Waals surface area (Å²) in [5, 5.41) is 8.92. The number of anilines is 3. The molecule has 0 bridgehead atoms. The van der Waals surface area contributed by atoms with Gasteiger partial charge in [0, 0.05) is 30.4 Å². The second-order valence-corrected chi connectivity index (χ2v) is 10.7. The highest BCUT2D eigenvalue weighted by Crippen LogP contribution is 2.37. The first-order chi connectivity index (χ1) is 18.0. The van der Waals surface area contributed by atoms with E-state index < -0.39 is 22.5 Å². The van der Waals surface area contributed by atoms with Crippen LogP contribution in [-0.4, -0.2) is 38.9 Å². The predicted octanol–water partition coefficient (Wildman–Crippen LogP) is 2.51. The van der Waals surface area contributed by atoms with Crippen molar-refractivity contribution in [1.82, 2.24) is 5.32 Å². The summed E-state index contributed by atoms with van der Waals surface area (Å²) in [5.74, 6) is -1.23. The van der Waals surface area contributed by atoms with Crippen molar-refractivity contribution < 1.29 is 22.8 Å². The van der Waals surface area contributed by atoms with Gasteiger partial charge in [0.25, 0.3) is 5.91 Å². The molecule has 0 saturated heterocycles. The highest BCUT2D eigenvalue weighted by atomic mass is 32.2. The maximum Gasteiger partial charge on any atom is 0.258 e. The van der Waals surface area contributed by atoms with E-state index in [1.807, 2.05) is 48.5 Å². The monoisotopic (exact) mass is 533 g/mol. The molecule has 0 unspecified atom stereocenters. The number of benzene rings is 3. The molecule has 38 heavy (non-hydrogen) atoms. The van der Waals surface area contributed by atoms with Gasteiger partial charge >= 0.3 is 0 Å². The molecular weight excluding hydrogens is 506 g/mol. The summed E-state index contributed by atoms with van der Waals surface area (Å²) in [4.78, 5) is 35.9. The van der Waals surface area contributed by atoms with Gasteiger partial charge in [0.15, 0.2) is 0 Å². The van der Waals surface area contributed by atoms with Gasteiger partial charge in [-0.2, -0.15) is 0 Å². The van der Waals surface area contributed by atoms with Crippen LogP contribution in [0.25, 0.3) is 11.3 Å². The molecule has 1 heterocycles. The van der Waals surface area contributed by atoms with Crippen LogP contribution in [0.1, 0.15) is 23.6 Å². The zero-order valence-electron chi connectivity index (χ0n) is 20.8. The Morgan fingerprint density at radius 2 is 1.71 bits per heavy atom. The van der Waals surface area contributed by atoms with Crippen LogP contribution in [0.4, 0.5) is 17.1 Å². The van der Waals surface area contributed by atoms with Gasteiger partial charge in [-0.3, -0.25) is 18.7 Å². The summed E-state index contributed by atoms with van der Waals surface area (Å²) < 4.78 is 25.6. The van der Waals surface area contributed by atoms with E-state index >= 15 is 0 Å². The number of para-hydroxylation sites is 1. The first-order valence-corrected chi connectivity index (χ1v) is 13.5. The molecule has 3 aromatic rings. The maximum atomic E-state index is 13.1. The average molecular weight is 534 g/mol. The third kappa shape index (κ3) is 6.01. The number of nitrogens with two attached hydrogens (primary N) is 1. The molecule has 0 saturated carbocycles. The molecule has 4 rings (SSSR count). The Balaban J connectivity index is 1.79. The van der Waals surface area contributed by atoms with Crippen molar-refractivity contribution in [2.75, 3.05) is 27.7 Å². The maximum absolute atomic E-state index is 13.1. The van der Waals surface area contributed by atoms with E-state index in [0.717, 1.165) is 16.1 Å². The lowest BCUT2D eigenvalue weighted by Gasteiger charge is -2.22. The van der Waals surface area contributed by atoms with Crippen molar-refractivity contribution in [2.45, 2.75) is 13.5 Å². The lowest BCUT2D eigenvalue weighted by atomic mass is 9.99. The topological polar surface area (TPSA) is 151 Å². The summed E-state index contributed by atoms with van der Waals surface area (Å²) in [7, 11) is -3.79. The van der Waals surface area contributed by atoms with Gasteiger partial charge in [0.05, 0.1) is 23.2 Å². The molecule has 0 aromatic heterocycles. The number of hydrogen-bond acceptors (Lipinski definition) is 6. The summed E-state index contributed by atoms with van der Waals surface area (Å²) in [6, 6.07) is 21.1. The van der Waals surface area contributed by atoms with E-state index in [0.29, 0.717) is 40.3 Å². The molecule has 1 aliphatic heterocycles. The number of nitrogens with one attached hydrogen (secondary N) is 3. The highest BCUT2D eigenvalue weighted by Gasteiger charge is 2.28. The zero-order chi connectivity index (χ0) is 27.4. The number of fused-ring (bicyclic) bond motifs is 1. The van der Waals surface area contributed by atoms with Crippen molar-refractivity contribution in [3.63, 3.8) is 0 Å². The SMILES string of the molecule is CC(=O)NCc1ccc(/C(Nc2cccc(N(CC(N)=O)S(C)(=O)=O)c2)=C2/C(=O)Nc3ccccc32)cc1. The molecule has 3 amide bonds. The van der Waals surface area contributed by atoms with Gasteiger partial charge in [0.2, 0.25) is 21.8 Å². The van der Waals surface area contributed by atoms with Crippen molar-refractivity contribution >= 4 is 56.1 Å². The Labute approximate surface area is 220 Å². The molecule has 0 atom stereocenters. The molecule has 0 fully saturated rings. The van der Waals surface area contributed by atoms with Gasteiger partial charge in [-0.1, -0.05) is 48.5 Å². The van der Waals surface area contributed by atoms with Crippen molar-refractivity contribution in [1.29, 1.82) is 0 Å². The summed E-state index contributed by atoms with van der Waals surface area (Å²) in [6.07, 6.45) is 0.992. The summed E-state index contributed by atoms with van der Waals surface area (Å²) >= 11 is 0. The molecule has 0 aliphatic carbocycles. The molecule has 5 N–H and O–H groups in total. The predicted molar refractivity (Wildman–Crippen MR) is 147 cm³/mol. The van der Waals surface area contributed by atoms with E-state index in [9.17, 15) is 22.8 Å². The third-order valence-corrected chi connectivity index (χ3v) is 6.95. The van der Waals surface area contributed by atoms with E-state index in [2.05, 4.69) is 16.0 Å². The lowest BCUT2D eigenvalue weighted by molar-refractivity contribution is -0.119. The third-order valence-electron chi connectivity index (χ3n) is 5.81. The fourth-order valence-electron chi connectivity index (χ4n) is 4.08. The minimum absolute atomic E-state index is 0.142. The van der Waals surface area contributed by atoms with Crippen molar-refractivity contribution in [3.05, 3.63) is 89.5 Å². The molecule has 10 nitrogen and oxygen atoms in total. The first-order valence-electron chi connectivity index (χ1n) is 11.6. The number of primary amides is 1. The standard InChI is InChI=1S/C27H27N5O5S/c1-17(33)29-15-18-10-12-19(13-11-18)26(25-22-8-3-4-9-23(22)31-27(25)35)30-20-6-5-7-21(14-20)32(16-24(28)34)38(2,36)37/h3-14,30H,15-16H2,1-2H3,(H2,28,34)(H,29,33)(H,31,35)/b26-25-. The van der Waals surface area contributed by atoms with Crippen LogP contribution in [0.15, 0.2) is 72.8 Å². The summed E-state index contributed by atoms with van der Waals surface area (Å²) in [6.45, 7) is 1.29. The second kappa shape index (κ2) is 10.8. The molecule has 196 valence electrons. The smallest absolute Gasteiger partial charge is 0.258 e. The van der Waals surface area contributed by atoms with Crippen LogP contribution in [0, 0.1) is 0 Å². The Bertz CT molecular complexity index is 1550. The number of amides is 3. The van der Waals surface area contributed by atoms with E-state index in [1.165, 1.54) is 6.92 Å². The minimum Gasteiger partial charge on any atom is -0.368 e. The van der Waals surface area contributed by atoms with Gasteiger partial charge in [-0.25, -0.2) is 8.42 Å². The molecule has 11 heteroatoms. The fourth-order valence-corrected chi connectivity index (χ4v) is 4.94. The van der Waals surface area contributed by atoms with Crippen molar-refractivity contribution in [2.24, 2.45) is 5.73 Å². The van der Waals surface area contributed by atoms with Gasteiger partial charge < -0.3 is 21.7 Å². The van der Waals surface area contributed by atoms with Crippen molar-refractivity contribution in [3.8, 4) is 0 Å². The van der Waals surface area contributed by atoms with E-state index in [-0.39, 0.29) is 17.5 Å². The fraction of sp³-hybridized carbons (Fsp3) is 0.148. The first kappa shape index (κ1) is 26.4. The molecule has 1 aliphatic rings. The van der Waals surface area contributed by atoms with Crippen LogP contribution in [0.2, 0.25) is 0 Å². The normalized spacial score (nSPS) is 13.8. The quantitative estimate of drug-likeness (QED) is 0.310. The Hall–Kier alpha value is -4.64. The molecular formula is C27H27N5O5S. The van der Waals surface area contributed by atoms with E-state index in [4.69, 9.17) is 5.73 Å². The lowest BCUT2D eigenvalue weighted by Crippen LogP contribution is -2.37. The molecule has 0 radical (unpaired) electrons. The number of hydrogen-bond donors (Lipinski definition) is 4. The zero-order valence-corrected chi connectivity index (χ0v) is 21.6. The number of carbonyl (C=O) groups excluding carboxylic acids is 3. The van der Waals surface area contributed by atoms with Gasteiger partial charge in [-0.15, -0.1) is 0 Å². The van der Waals surface area contributed by atoms with Crippen LogP contribution in [0.3, 0.4) is 0 Å². The van der Waals surface area contributed by atoms with Crippen LogP contribution >= 0.6 is 0 Å². The minimum atomic E-state index is -3.79. The number of carbonyl (C=O) groups is 3. The van der Waals surface area contributed by atoms with Gasteiger partial charge in [-0.05, 0) is 35.4 Å². The van der Waals surface area contributed by atoms with E-state index in [1.54, 1.807) is 24.3 Å². The second-order valence-electron chi connectivity index (χ2n) is 8.77. The number of rotatable bonds is 9. The largest absolute Gasteiger partial charge is 0.368 e. The van der Waals surface area contributed by atoms with Gasteiger partial charge in [0.1, 0.15) is 6.54 Å². The average Bonchev–Trinajstić information content (AvgIpc) is 3.20. The number of nitrogens with zero attached hydrogens (tertiary/aromatic N) is 1. The van der Waals surface area contributed by atoms with Crippen LogP contribution in [0.5, 0.6) is 0 Å².